The predicted octanol–water partition coefficient (Wildman–Crippen LogP) is 1.45. The van der Waals surface area contributed by atoms with Crippen LogP contribution in [0.25, 0.3) is 0 Å². The van der Waals surface area contributed by atoms with Gasteiger partial charge < -0.3 is 11.1 Å². The Morgan fingerprint density at radius 2 is 1.91 bits per heavy atom. The molecule has 1 aliphatic heterocycles. The van der Waals surface area contributed by atoms with Gasteiger partial charge in [0.05, 0.1) is 11.4 Å². The fourth-order valence-electron chi connectivity index (χ4n) is 2.43. The molecule has 6 nitrogen and oxygen atoms in total. The van der Waals surface area contributed by atoms with Crippen molar-refractivity contribution in [2.45, 2.75) is 30.7 Å². The molecule has 0 bridgehead atoms. The number of sulfonamides is 1. The predicted molar refractivity (Wildman–Crippen MR) is 92.6 cm³/mol. The van der Waals surface area contributed by atoms with Crippen LogP contribution in [0.5, 0.6) is 0 Å². The molecule has 0 spiro atoms. The summed E-state index contributed by atoms with van der Waals surface area (Å²) in [4.78, 5) is 4.53. The van der Waals surface area contributed by atoms with Crippen molar-refractivity contribution in [1.82, 2.24) is 9.62 Å². The van der Waals surface area contributed by atoms with Gasteiger partial charge in [0.2, 0.25) is 10.0 Å². The smallest absolute Gasteiger partial charge is 0.243 e. The molecular formula is C16H24N4O2S. The highest BCUT2D eigenvalue weighted by molar-refractivity contribution is 7.89. The van der Waals surface area contributed by atoms with Gasteiger partial charge in [0.25, 0.3) is 0 Å². The Kier molecular flexibility index (Phi) is 6.18. The molecule has 1 aromatic carbocycles. The summed E-state index contributed by atoms with van der Waals surface area (Å²) in [5, 5.41) is 2.89. The molecular weight excluding hydrogens is 312 g/mol. The Bertz CT molecular complexity index is 647. The van der Waals surface area contributed by atoms with Crippen molar-refractivity contribution >= 4 is 16.0 Å². The summed E-state index contributed by atoms with van der Waals surface area (Å²) < 4.78 is 26.7. The van der Waals surface area contributed by atoms with Crippen molar-refractivity contribution < 1.29 is 8.42 Å². The first-order valence-electron chi connectivity index (χ1n) is 7.78. The minimum atomic E-state index is -3.37. The first kappa shape index (κ1) is 17.5. The van der Waals surface area contributed by atoms with Crippen molar-refractivity contribution in [1.29, 1.82) is 0 Å². The lowest BCUT2D eigenvalue weighted by molar-refractivity contribution is 0.346. The highest BCUT2D eigenvalue weighted by Crippen LogP contribution is 2.20. The maximum absolute atomic E-state index is 12.5. The molecule has 0 saturated carbocycles. The monoisotopic (exact) mass is 336 g/mol. The maximum Gasteiger partial charge on any atom is 0.243 e. The molecule has 1 fully saturated rings. The van der Waals surface area contributed by atoms with Crippen molar-refractivity contribution in [3.63, 3.8) is 0 Å². The third-order valence-electron chi connectivity index (χ3n) is 3.74. The van der Waals surface area contributed by atoms with Gasteiger partial charge in [-0.05, 0) is 30.5 Å². The van der Waals surface area contributed by atoms with Crippen LogP contribution >= 0.6 is 0 Å². The van der Waals surface area contributed by atoms with Crippen LogP contribution in [-0.4, -0.2) is 38.3 Å². The Hall–Kier alpha value is -1.86. The zero-order valence-electron chi connectivity index (χ0n) is 13.2. The van der Waals surface area contributed by atoms with Gasteiger partial charge in [-0.25, -0.2) is 13.4 Å². The van der Waals surface area contributed by atoms with Gasteiger partial charge in [-0.1, -0.05) is 24.6 Å². The number of rotatable bonds is 6. The highest BCUT2D eigenvalue weighted by atomic mass is 32.2. The fraction of sp³-hybridized carbons (Fsp3) is 0.438. The quantitative estimate of drug-likeness (QED) is 0.467. The summed E-state index contributed by atoms with van der Waals surface area (Å²) in [6, 6.07) is 6.84. The van der Waals surface area contributed by atoms with Crippen LogP contribution in [0.3, 0.4) is 0 Å². The largest absolute Gasteiger partial charge is 0.370 e. The lowest BCUT2D eigenvalue weighted by Gasteiger charge is -2.25. The molecule has 0 atom stereocenters. The lowest BCUT2D eigenvalue weighted by Crippen LogP contribution is -2.35. The van der Waals surface area contributed by atoms with Crippen LogP contribution in [-0.2, 0) is 16.6 Å². The number of nitrogens with zero attached hydrogens (tertiary/aromatic N) is 2. The topological polar surface area (TPSA) is 87.8 Å². The lowest BCUT2D eigenvalue weighted by atomic mass is 10.2. The summed E-state index contributed by atoms with van der Waals surface area (Å²) in [5.74, 6) is 0.343. The van der Waals surface area contributed by atoms with Gasteiger partial charge >= 0.3 is 0 Å². The Balaban J connectivity index is 2.02. The minimum absolute atomic E-state index is 0.338. The van der Waals surface area contributed by atoms with Gasteiger partial charge in [-0.3, -0.25) is 0 Å². The molecule has 3 N–H and O–H groups in total. The zero-order valence-corrected chi connectivity index (χ0v) is 14.1. The van der Waals surface area contributed by atoms with E-state index in [9.17, 15) is 8.42 Å². The normalized spacial score (nSPS) is 17.0. The van der Waals surface area contributed by atoms with Gasteiger partial charge in [0.1, 0.15) is 0 Å². The first-order chi connectivity index (χ1) is 11.0. The van der Waals surface area contributed by atoms with Crippen molar-refractivity contribution in [2.75, 3.05) is 19.6 Å². The van der Waals surface area contributed by atoms with E-state index in [0.29, 0.717) is 37.0 Å². The second-order valence-electron chi connectivity index (χ2n) is 5.48. The zero-order chi connectivity index (χ0) is 16.7. The molecule has 7 heteroatoms. The minimum Gasteiger partial charge on any atom is -0.370 e. The van der Waals surface area contributed by atoms with Gasteiger partial charge in [0, 0.05) is 19.6 Å². The average Bonchev–Trinajstić information content (AvgIpc) is 2.59. The summed E-state index contributed by atoms with van der Waals surface area (Å²) in [7, 11) is -3.37. The number of aliphatic imine (C=N–C) groups is 1. The van der Waals surface area contributed by atoms with Crippen molar-refractivity contribution in [3.05, 3.63) is 42.5 Å². The third kappa shape index (κ3) is 4.80. The van der Waals surface area contributed by atoms with Crippen LogP contribution in [0.2, 0.25) is 0 Å². The molecule has 0 unspecified atom stereocenters. The molecule has 126 valence electrons. The fourth-order valence-corrected chi connectivity index (χ4v) is 3.95. The number of hydrogen-bond donors (Lipinski definition) is 2. The molecule has 2 rings (SSSR count). The van der Waals surface area contributed by atoms with E-state index < -0.39 is 10.0 Å². The van der Waals surface area contributed by atoms with Crippen LogP contribution in [0, 0.1) is 0 Å². The molecule has 1 aromatic rings. The molecule has 0 aliphatic carbocycles. The maximum atomic E-state index is 12.5. The standard InChI is InChI=1S/C16H24N4O2S/c1-2-10-18-16(17)19-13-14-6-8-15(9-7-14)23(21,22)20-11-4-3-5-12-20/h2,6-9H,1,3-5,10-13H2,(H3,17,18,19). The highest BCUT2D eigenvalue weighted by Gasteiger charge is 2.25. The molecule has 1 heterocycles. The summed E-state index contributed by atoms with van der Waals surface area (Å²) in [6.07, 6.45) is 4.67. The Morgan fingerprint density at radius 3 is 2.52 bits per heavy atom. The Labute approximate surface area is 138 Å². The number of hydrogen-bond acceptors (Lipinski definition) is 3. The average molecular weight is 336 g/mol. The molecule has 1 saturated heterocycles. The van der Waals surface area contributed by atoms with E-state index in [1.807, 2.05) is 0 Å². The molecule has 0 aromatic heterocycles. The van der Waals surface area contributed by atoms with Crippen LogP contribution < -0.4 is 11.1 Å². The van der Waals surface area contributed by atoms with E-state index in [0.717, 1.165) is 24.8 Å². The van der Waals surface area contributed by atoms with Gasteiger partial charge in [-0.15, -0.1) is 6.58 Å². The van der Waals surface area contributed by atoms with Crippen LogP contribution in [0.4, 0.5) is 0 Å². The molecule has 23 heavy (non-hydrogen) atoms. The number of piperidine rings is 1. The van der Waals surface area contributed by atoms with E-state index in [2.05, 4.69) is 16.9 Å². The van der Waals surface area contributed by atoms with Crippen molar-refractivity contribution in [3.8, 4) is 0 Å². The number of guanidine groups is 1. The number of nitrogens with two attached hydrogens (primary N) is 1. The van der Waals surface area contributed by atoms with Crippen LogP contribution in [0.15, 0.2) is 46.8 Å². The molecule has 1 aliphatic rings. The Morgan fingerprint density at radius 1 is 1.26 bits per heavy atom. The molecule has 0 amide bonds. The van der Waals surface area contributed by atoms with E-state index in [4.69, 9.17) is 5.73 Å². The first-order valence-corrected chi connectivity index (χ1v) is 9.22. The second-order valence-corrected chi connectivity index (χ2v) is 7.42. The van der Waals surface area contributed by atoms with E-state index in [-0.39, 0.29) is 0 Å². The van der Waals surface area contributed by atoms with Crippen molar-refractivity contribution in [2.24, 2.45) is 10.7 Å². The van der Waals surface area contributed by atoms with E-state index >= 15 is 0 Å². The third-order valence-corrected chi connectivity index (χ3v) is 5.65. The van der Waals surface area contributed by atoms with Gasteiger partial charge in [0.15, 0.2) is 5.96 Å². The number of nitrogens with one attached hydrogen (secondary N) is 1. The molecule has 0 radical (unpaired) electrons. The van der Waals surface area contributed by atoms with E-state index in [1.165, 1.54) is 0 Å². The summed E-state index contributed by atoms with van der Waals surface area (Å²) >= 11 is 0. The summed E-state index contributed by atoms with van der Waals surface area (Å²) in [6.45, 7) is 5.77. The summed E-state index contributed by atoms with van der Waals surface area (Å²) in [5.41, 5.74) is 6.60. The number of benzene rings is 1. The second kappa shape index (κ2) is 8.12. The van der Waals surface area contributed by atoms with Gasteiger partial charge in [-0.2, -0.15) is 4.31 Å². The van der Waals surface area contributed by atoms with Crippen LogP contribution in [0.1, 0.15) is 24.8 Å². The SMILES string of the molecule is C=CCNC(N)=NCc1ccc(S(=O)(=O)N2CCCCC2)cc1. The van der Waals surface area contributed by atoms with E-state index in [1.54, 1.807) is 34.6 Å².